The van der Waals surface area contributed by atoms with Gasteiger partial charge in [-0.25, -0.2) is 13.4 Å². The van der Waals surface area contributed by atoms with Crippen LogP contribution in [0.1, 0.15) is 22.3 Å². The third kappa shape index (κ3) is 5.71. The van der Waals surface area contributed by atoms with Crippen LogP contribution in [-0.2, 0) is 26.0 Å². The molecule has 2 saturated heterocycles. The van der Waals surface area contributed by atoms with Gasteiger partial charge < -0.3 is 15.3 Å². The molecule has 6 rings (SSSR count). The number of aromatic nitrogens is 1. The molecule has 11 heteroatoms. The molecular formula is C33H30N4O6S. The number of carbonyl (C=O) groups is 3. The van der Waals surface area contributed by atoms with Crippen LogP contribution in [0.3, 0.4) is 0 Å². The maximum atomic E-state index is 14.1. The number of hydrogen-bond donors (Lipinski definition) is 2. The van der Waals surface area contributed by atoms with E-state index in [1.165, 1.54) is 29.3 Å². The highest BCUT2D eigenvalue weighted by Crippen LogP contribution is 2.34. The molecule has 0 radical (unpaired) electrons. The van der Waals surface area contributed by atoms with E-state index in [9.17, 15) is 27.9 Å². The van der Waals surface area contributed by atoms with Crippen molar-refractivity contribution in [2.75, 3.05) is 13.1 Å². The summed E-state index contributed by atoms with van der Waals surface area (Å²) in [5.74, 6) is -1.35. The molecule has 10 nitrogen and oxygen atoms in total. The number of aromatic hydroxyl groups is 1. The smallest absolute Gasteiger partial charge is 0.261 e. The first-order valence-electron chi connectivity index (χ1n) is 14.2. The van der Waals surface area contributed by atoms with Crippen LogP contribution in [0.15, 0.2) is 108 Å². The van der Waals surface area contributed by atoms with Crippen LogP contribution >= 0.6 is 0 Å². The van der Waals surface area contributed by atoms with Crippen LogP contribution < -0.4 is 5.32 Å². The maximum absolute atomic E-state index is 14.1. The Labute approximate surface area is 255 Å². The summed E-state index contributed by atoms with van der Waals surface area (Å²) >= 11 is 0. The average Bonchev–Trinajstić information content (AvgIpc) is 3.63. The predicted molar refractivity (Wildman–Crippen MR) is 162 cm³/mol. The quantitative estimate of drug-likeness (QED) is 0.313. The molecule has 3 aromatic carbocycles. The Morgan fingerprint density at radius 3 is 2.36 bits per heavy atom. The van der Waals surface area contributed by atoms with E-state index in [-0.39, 0.29) is 42.5 Å². The number of pyridine rings is 1. The monoisotopic (exact) mass is 610 g/mol. The minimum absolute atomic E-state index is 0.0131. The number of carbonyl (C=O) groups excluding carboxylic acids is 3. The molecule has 2 amide bonds. The van der Waals surface area contributed by atoms with Gasteiger partial charge in [0.1, 0.15) is 17.8 Å². The summed E-state index contributed by atoms with van der Waals surface area (Å²) in [6.45, 7) is -0.221. The number of phenolic OH excluding ortho intramolecular Hbond substituents is 1. The molecule has 2 fully saturated rings. The van der Waals surface area contributed by atoms with E-state index in [1.807, 2.05) is 42.5 Å². The van der Waals surface area contributed by atoms with E-state index >= 15 is 0 Å². The van der Waals surface area contributed by atoms with Crippen LogP contribution in [0.2, 0.25) is 0 Å². The highest BCUT2D eigenvalue weighted by atomic mass is 32.2. The summed E-state index contributed by atoms with van der Waals surface area (Å²) in [5.41, 5.74) is 2.89. The number of nitrogens with zero attached hydrogens (tertiary/aromatic N) is 3. The van der Waals surface area contributed by atoms with Gasteiger partial charge in [-0.1, -0.05) is 60.7 Å². The number of amides is 2. The summed E-state index contributed by atoms with van der Waals surface area (Å²) < 4.78 is 27.8. The molecule has 3 unspecified atom stereocenters. The number of phenols is 1. The number of benzene rings is 3. The molecule has 0 saturated carbocycles. The SMILES string of the molecule is O=C(NC(Cc1cccc(O)c1)C(=O)N1CCC2C1C(=O)CN2S(=O)(=O)c1ccccn1)c1ccc(-c2ccccc2)cc1. The first-order valence-corrected chi connectivity index (χ1v) is 15.7. The number of fused-ring (bicyclic) bond motifs is 1. The largest absolute Gasteiger partial charge is 0.508 e. The molecule has 224 valence electrons. The van der Waals surface area contributed by atoms with E-state index < -0.39 is 40.0 Å². The molecular weight excluding hydrogens is 580 g/mol. The van der Waals surface area contributed by atoms with Crippen molar-refractivity contribution in [3.63, 3.8) is 0 Å². The fourth-order valence-corrected chi connectivity index (χ4v) is 7.53. The molecule has 0 aliphatic carbocycles. The Morgan fingerprint density at radius 1 is 0.932 bits per heavy atom. The fraction of sp³-hybridized carbons (Fsp3) is 0.212. The van der Waals surface area contributed by atoms with Crippen molar-refractivity contribution >= 4 is 27.6 Å². The lowest BCUT2D eigenvalue weighted by Crippen LogP contribution is -2.53. The minimum Gasteiger partial charge on any atom is -0.508 e. The molecule has 4 aromatic rings. The highest BCUT2D eigenvalue weighted by Gasteiger charge is 2.54. The topological polar surface area (TPSA) is 137 Å². The summed E-state index contributed by atoms with van der Waals surface area (Å²) in [4.78, 5) is 46.1. The second-order valence-electron chi connectivity index (χ2n) is 10.9. The van der Waals surface area contributed by atoms with Gasteiger partial charge in [0.25, 0.3) is 15.9 Å². The van der Waals surface area contributed by atoms with Gasteiger partial charge in [-0.05, 0) is 59.5 Å². The number of sulfonamides is 1. The van der Waals surface area contributed by atoms with Crippen molar-refractivity contribution in [2.24, 2.45) is 0 Å². The Kier molecular flexibility index (Phi) is 7.98. The van der Waals surface area contributed by atoms with Gasteiger partial charge >= 0.3 is 0 Å². The number of rotatable bonds is 8. The Hall–Kier alpha value is -4.87. The third-order valence-electron chi connectivity index (χ3n) is 8.08. The van der Waals surface area contributed by atoms with Crippen molar-refractivity contribution < 1.29 is 27.9 Å². The summed E-state index contributed by atoms with van der Waals surface area (Å²) in [7, 11) is -4.06. The van der Waals surface area contributed by atoms with Gasteiger partial charge in [0, 0.05) is 24.7 Å². The number of likely N-dealkylation sites (tertiary alicyclic amines) is 1. The molecule has 2 aliphatic heterocycles. The molecule has 2 N–H and O–H groups in total. The Morgan fingerprint density at radius 2 is 1.66 bits per heavy atom. The molecule has 0 bridgehead atoms. The molecule has 1 aromatic heterocycles. The van der Waals surface area contributed by atoms with Crippen LogP contribution in [0.4, 0.5) is 0 Å². The molecule has 2 aliphatic rings. The predicted octanol–water partition coefficient (Wildman–Crippen LogP) is 3.04. The van der Waals surface area contributed by atoms with Gasteiger partial charge in [-0.3, -0.25) is 14.4 Å². The van der Waals surface area contributed by atoms with Gasteiger partial charge in [-0.2, -0.15) is 4.31 Å². The van der Waals surface area contributed by atoms with Crippen molar-refractivity contribution in [1.29, 1.82) is 0 Å². The van der Waals surface area contributed by atoms with E-state index in [1.54, 1.807) is 36.4 Å². The van der Waals surface area contributed by atoms with Crippen molar-refractivity contribution in [3.05, 3.63) is 114 Å². The van der Waals surface area contributed by atoms with E-state index in [0.29, 0.717) is 11.1 Å². The second-order valence-corrected chi connectivity index (χ2v) is 12.7. The lowest BCUT2D eigenvalue weighted by molar-refractivity contribution is -0.138. The molecule has 3 heterocycles. The van der Waals surface area contributed by atoms with Crippen LogP contribution in [0.5, 0.6) is 5.75 Å². The standard InChI is InChI=1S/C33H30N4O6S/c38-26-10-6-7-22(19-26)20-27(35-32(40)25-14-12-24(13-15-25)23-8-2-1-3-9-23)33(41)36-18-16-28-31(36)29(39)21-37(28)44(42,43)30-11-4-5-17-34-30/h1-15,17,19,27-28,31,38H,16,18,20-21H2,(H,35,40). The van der Waals surface area contributed by atoms with E-state index in [4.69, 9.17) is 0 Å². The summed E-state index contributed by atoms with van der Waals surface area (Å²) in [5, 5.41) is 12.7. The van der Waals surface area contributed by atoms with E-state index in [2.05, 4.69) is 10.3 Å². The average molecular weight is 611 g/mol. The Balaban J connectivity index is 1.24. The fourth-order valence-electron chi connectivity index (χ4n) is 5.97. The molecule has 0 spiro atoms. The van der Waals surface area contributed by atoms with Gasteiger partial charge in [-0.15, -0.1) is 0 Å². The van der Waals surface area contributed by atoms with E-state index in [0.717, 1.165) is 15.4 Å². The van der Waals surface area contributed by atoms with Gasteiger partial charge in [0.15, 0.2) is 10.8 Å². The first kappa shape index (κ1) is 29.2. The summed E-state index contributed by atoms with van der Waals surface area (Å²) in [6, 6.07) is 24.9. The van der Waals surface area contributed by atoms with Gasteiger partial charge in [0.2, 0.25) is 5.91 Å². The zero-order valence-corrected chi connectivity index (χ0v) is 24.4. The van der Waals surface area contributed by atoms with Crippen LogP contribution in [-0.4, -0.2) is 76.5 Å². The molecule has 3 atom stereocenters. The number of nitrogens with one attached hydrogen (secondary N) is 1. The minimum atomic E-state index is -4.06. The normalized spacial score (nSPS) is 19.0. The number of hydrogen-bond acceptors (Lipinski definition) is 7. The number of ketones is 1. The van der Waals surface area contributed by atoms with Gasteiger partial charge in [0.05, 0.1) is 12.6 Å². The van der Waals surface area contributed by atoms with Crippen LogP contribution in [0, 0.1) is 0 Å². The zero-order valence-electron chi connectivity index (χ0n) is 23.6. The summed E-state index contributed by atoms with van der Waals surface area (Å²) in [6.07, 6.45) is 1.69. The first-order chi connectivity index (χ1) is 21.2. The second kappa shape index (κ2) is 12.0. The Bertz CT molecular complexity index is 1800. The van der Waals surface area contributed by atoms with Crippen molar-refractivity contribution in [1.82, 2.24) is 19.5 Å². The lowest BCUT2D eigenvalue weighted by Gasteiger charge is -2.28. The maximum Gasteiger partial charge on any atom is 0.261 e. The molecule has 44 heavy (non-hydrogen) atoms. The lowest BCUT2D eigenvalue weighted by atomic mass is 10.0. The zero-order chi connectivity index (χ0) is 30.8. The van der Waals surface area contributed by atoms with Crippen molar-refractivity contribution in [3.8, 4) is 16.9 Å². The number of Topliss-reactive ketones (excluding diaryl/α,β-unsaturated/α-hetero) is 1. The highest BCUT2D eigenvalue weighted by molar-refractivity contribution is 7.89. The van der Waals surface area contributed by atoms with Crippen LogP contribution in [0.25, 0.3) is 11.1 Å². The van der Waals surface area contributed by atoms with Crippen molar-refractivity contribution in [2.45, 2.75) is 36.0 Å². The third-order valence-corrected chi connectivity index (χ3v) is 9.87.